The number of aliphatic carboxylic acids is 1. The second-order valence-corrected chi connectivity index (χ2v) is 3.44. The maximum absolute atomic E-state index is 9.98. The number of thioether (sulfide) groups is 1. The molecule has 1 atom stereocenters. The molecule has 1 N–H and O–H groups in total. The van der Waals surface area contributed by atoms with Crippen LogP contribution in [-0.2, 0) is 4.79 Å². The summed E-state index contributed by atoms with van der Waals surface area (Å²) in [5.41, 5.74) is -1.35. The van der Waals surface area contributed by atoms with Crippen molar-refractivity contribution in [3.05, 3.63) is 0 Å². The summed E-state index contributed by atoms with van der Waals surface area (Å²) in [6.07, 6.45) is 3.13. The van der Waals surface area contributed by atoms with Gasteiger partial charge in [-0.15, -0.1) is 11.8 Å². The van der Waals surface area contributed by atoms with Crippen LogP contribution >= 0.6 is 11.8 Å². The van der Waals surface area contributed by atoms with Crippen LogP contribution in [0.4, 0.5) is 0 Å². The predicted octanol–water partition coefficient (Wildman–Crippen LogP) is -0.0219. The first-order valence-electron chi connectivity index (χ1n) is 3.69. The molecule has 0 saturated carbocycles. The van der Waals surface area contributed by atoms with Crippen LogP contribution in [0.1, 0.15) is 26.2 Å². The van der Waals surface area contributed by atoms with E-state index in [4.69, 9.17) is 5.11 Å². The standard InChI is InChI=1S/C7H14O3S/c1-2-3-4-5-11-7(10)6(8)9/h7,10H,2-5H2,1H3,(H,8,9)/p-1. The summed E-state index contributed by atoms with van der Waals surface area (Å²) < 4.78 is 0. The Balaban J connectivity index is 3.17. The average Bonchev–Trinajstić information content (AvgIpc) is 1.97. The minimum atomic E-state index is -1.40. The highest BCUT2D eigenvalue weighted by Gasteiger charge is 2.03. The molecule has 0 aliphatic rings. The van der Waals surface area contributed by atoms with Gasteiger partial charge in [-0.3, -0.25) is 0 Å². The van der Waals surface area contributed by atoms with Gasteiger partial charge >= 0.3 is 0 Å². The molecule has 0 aromatic carbocycles. The number of aliphatic hydroxyl groups excluding tert-OH is 1. The zero-order valence-electron chi connectivity index (χ0n) is 6.58. The molecular formula is C7H13O3S-. The molecule has 0 bridgehead atoms. The fourth-order valence-corrected chi connectivity index (χ4v) is 1.35. The summed E-state index contributed by atoms with van der Waals surface area (Å²) in [6.45, 7) is 2.07. The van der Waals surface area contributed by atoms with E-state index in [1.54, 1.807) is 0 Å². The number of aliphatic hydroxyl groups is 1. The van der Waals surface area contributed by atoms with Crippen molar-refractivity contribution in [2.45, 2.75) is 31.6 Å². The Labute approximate surface area is 70.8 Å². The maximum Gasteiger partial charge on any atom is 0.139 e. The van der Waals surface area contributed by atoms with Crippen LogP contribution in [0.15, 0.2) is 0 Å². The Morgan fingerprint density at radius 3 is 2.73 bits per heavy atom. The van der Waals surface area contributed by atoms with Gasteiger partial charge in [0, 0.05) is 0 Å². The highest BCUT2D eigenvalue weighted by Crippen LogP contribution is 2.10. The van der Waals surface area contributed by atoms with Gasteiger partial charge in [-0.2, -0.15) is 0 Å². The largest absolute Gasteiger partial charge is 0.546 e. The minimum absolute atomic E-state index is 0.684. The first kappa shape index (κ1) is 10.8. The molecule has 11 heavy (non-hydrogen) atoms. The van der Waals surface area contributed by atoms with Gasteiger partial charge in [-0.1, -0.05) is 19.8 Å². The summed E-state index contributed by atoms with van der Waals surface area (Å²) >= 11 is 1.02. The number of rotatable bonds is 6. The SMILES string of the molecule is CCCCCSC(O)C(=O)[O-]. The van der Waals surface area contributed by atoms with Crippen LogP contribution in [0.2, 0.25) is 0 Å². The Morgan fingerprint density at radius 2 is 2.27 bits per heavy atom. The van der Waals surface area contributed by atoms with Gasteiger partial charge in [0.15, 0.2) is 0 Å². The fourth-order valence-electron chi connectivity index (χ4n) is 0.615. The Hall–Kier alpha value is -0.220. The van der Waals surface area contributed by atoms with Crippen molar-refractivity contribution in [1.29, 1.82) is 0 Å². The highest BCUT2D eigenvalue weighted by atomic mass is 32.2. The summed E-state index contributed by atoms with van der Waals surface area (Å²) in [7, 11) is 0. The number of unbranched alkanes of at least 4 members (excludes halogenated alkanes) is 2. The van der Waals surface area contributed by atoms with Crippen LogP contribution in [0.3, 0.4) is 0 Å². The average molecular weight is 177 g/mol. The lowest BCUT2D eigenvalue weighted by Crippen LogP contribution is -2.33. The molecule has 0 radical (unpaired) electrons. The lowest BCUT2D eigenvalue weighted by molar-refractivity contribution is -0.310. The maximum atomic E-state index is 9.98. The number of hydrogen-bond donors (Lipinski definition) is 1. The van der Waals surface area contributed by atoms with Gasteiger partial charge in [0.25, 0.3) is 0 Å². The van der Waals surface area contributed by atoms with E-state index < -0.39 is 11.4 Å². The Bertz CT molecular complexity index is 116. The summed E-state index contributed by atoms with van der Waals surface area (Å²) in [6, 6.07) is 0. The van der Waals surface area contributed by atoms with E-state index >= 15 is 0 Å². The monoisotopic (exact) mass is 177 g/mol. The van der Waals surface area contributed by atoms with Crippen molar-refractivity contribution in [3.63, 3.8) is 0 Å². The predicted molar refractivity (Wildman–Crippen MR) is 43.0 cm³/mol. The number of carboxylic acids is 1. The normalized spacial score (nSPS) is 12.9. The van der Waals surface area contributed by atoms with E-state index in [0.29, 0.717) is 5.75 Å². The van der Waals surface area contributed by atoms with Gasteiger partial charge in [-0.05, 0) is 12.2 Å². The second kappa shape index (κ2) is 6.49. The van der Waals surface area contributed by atoms with E-state index in [2.05, 4.69) is 6.92 Å². The van der Waals surface area contributed by atoms with Crippen LogP contribution in [0, 0.1) is 0 Å². The zero-order valence-corrected chi connectivity index (χ0v) is 7.39. The first-order valence-corrected chi connectivity index (χ1v) is 4.74. The van der Waals surface area contributed by atoms with Crippen molar-refractivity contribution < 1.29 is 15.0 Å². The van der Waals surface area contributed by atoms with Gasteiger partial charge in [-0.25, -0.2) is 0 Å². The van der Waals surface area contributed by atoms with E-state index in [0.717, 1.165) is 31.0 Å². The van der Waals surface area contributed by atoms with Crippen molar-refractivity contribution in [3.8, 4) is 0 Å². The van der Waals surface area contributed by atoms with Crippen molar-refractivity contribution in [2.24, 2.45) is 0 Å². The van der Waals surface area contributed by atoms with Crippen LogP contribution in [-0.4, -0.2) is 22.3 Å². The quantitative estimate of drug-likeness (QED) is 0.457. The molecule has 0 amide bonds. The summed E-state index contributed by atoms with van der Waals surface area (Å²) in [5.74, 6) is -0.713. The van der Waals surface area contributed by atoms with Crippen molar-refractivity contribution >= 4 is 17.7 Å². The molecule has 0 aliphatic carbocycles. The third-order valence-electron chi connectivity index (χ3n) is 1.23. The van der Waals surface area contributed by atoms with E-state index in [9.17, 15) is 9.90 Å². The molecule has 0 heterocycles. The smallest absolute Gasteiger partial charge is 0.139 e. The van der Waals surface area contributed by atoms with Crippen LogP contribution < -0.4 is 5.11 Å². The summed E-state index contributed by atoms with van der Waals surface area (Å²) in [5, 5.41) is 18.7. The second-order valence-electron chi connectivity index (χ2n) is 2.25. The molecule has 4 heteroatoms. The fraction of sp³-hybridized carbons (Fsp3) is 0.857. The first-order chi connectivity index (χ1) is 5.18. The van der Waals surface area contributed by atoms with Crippen LogP contribution in [0.25, 0.3) is 0 Å². The summed E-state index contributed by atoms with van der Waals surface area (Å²) in [4.78, 5) is 9.98. The molecular weight excluding hydrogens is 164 g/mol. The third kappa shape index (κ3) is 6.19. The van der Waals surface area contributed by atoms with Gasteiger partial charge in [0.05, 0.1) is 5.97 Å². The molecule has 0 aromatic heterocycles. The molecule has 0 rings (SSSR count). The molecule has 0 aromatic rings. The molecule has 0 fully saturated rings. The van der Waals surface area contributed by atoms with Crippen molar-refractivity contribution in [2.75, 3.05) is 5.75 Å². The number of carbonyl (C=O) groups is 1. The van der Waals surface area contributed by atoms with Crippen molar-refractivity contribution in [1.82, 2.24) is 0 Å². The topological polar surface area (TPSA) is 60.4 Å². The molecule has 0 spiro atoms. The van der Waals surface area contributed by atoms with Crippen LogP contribution in [0.5, 0.6) is 0 Å². The van der Waals surface area contributed by atoms with E-state index in [1.807, 2.05) is 0 Å². The van der Waals surface area contributed by atoms with Gasteiger partial charge in [0.1, 0.15) is 5.44 Å². The number of carbonyl (C=O) groups excluding carboxylic acids is 1. The van der Waals surface area contributed by atoms with Gasteiger partial charge < -0.3 is 15.0 Å². The van der Waals surface area contributed by atoms with E-state index in [1.165, 1.54) is 0 Å². The highest BCUT2D eigenvalue weighted by molar-refractivity contribution is 8.00. The lowest BCUT2D eigenvalue weighted by atomic mass is 10.3. The molecule has 1 unspecified atom stereocenters. The third-order valence-corrected chi connectivity index (χ3v) is 2.26. The number of carboxylic acid groups (broad SMARTS) is 1. The molecule has 3 nitrogen and oxygen atoms in total. The molecule has 0 saturated heterocycles. The molecule has 0 aliphatic heterocycles. The molecule has 66 valence electrons. The van der Waals surface area contributed by atoms with Gasteiger partial charge in [0.2, 0.25) is 0 Å². The van der Waals surface area contributed by atoms with E-state index in [-0.39, 0.29) is 0 Å². The number of hydrogen-bond acceptors (Lipinski definition) is 4. The minimum Gasteiger partial charge on any atom is -0.546 e. The lowest BCUT2D eigenvalue weighted by Gasteiger charge is -2.09. The zero-order chi connectivity index (χ0) is 8.69. The Morgan fingerprint density at radius 1 is 1.64 bits per heavy atom. The Kier molecular flexibility index (Phi) is 6.36.